The summed E-state index contributed by atoms with van der Waals surface area (Å²) in [6.07, 6.45) is 0.945. The van der Waals surface area contributed by atoms with Crippen LogP contribution in [0.15, 0.2) is 30.3 Å². The summed E-state index contributed by atoms with van der Waals surface area (Å²) in [6, 6.07) is 9.39. The predicted molar refractivity (Wildman–Crippen MR) is 84.7 cm³/mol. The van der Waals surface area contributed by atoms with Gasteiger partial charge in [0.2, 0.25) is 11.8 Å². The Hall–Kier alpha value is -2.37. The maximum absolute atomic E-state index is 12.1. The van der Waals surface area contributed by atoms with Crippen LogP contribution in [0.3, 0.4) is 0 Å². The van der Waals surface area contributed by atoms with Crippen molar-refractivity contribution in [2.45, 2.75) is 26.2 Å². The SMILES string of the molecule is CC1(C(=O)O)CCN(C(=O)CCNC(=O)Cc2ccccc2)C1. The van der Waals surface area contributed by atoms with E-state index in [9.17, 15) is 14.4 Å². The van der Waals surface area contributed by atoms with Gasteiger partial charge in [0, 0.05) is 26.1 Å². The number of carboxylic acid groups (broad SMARTS) is 1. The molecular formula is C17H22N2O4. The van der Waals surface area contributed by atoms with Crippen molar-refractivity contribution >= 4 is 17.8 Å². The van der Waals surface area contributed by atoms with Gasteiger partial charge in [0.15, 0.2) is 0 Å². The monoisotopic (exact) mass is 318 g/mol. The molecule has 1 fully saturated rings. The highest BCUT2D eigenvalue weighted by atomic mass is 16.4. The van der Waals surface area contributed by atoms with E-state index >= 15 is 0 Å². The summed E-state index contributed by atoms with van der Waals surface area (Å²) in [5, 5.41) is 11.9. The van der Waals surface area contributed by atoms with Gasteiger partial charge in [0.25, 0.3) is 0 Å². The predicted octanol–water partition coefficient (Wildman–Crippen LogP) is 1.06. The molecule has 6 nitrogen and oxygen atoms in total. The first-order valence-corrected chi connectivity index (χ1v) is 7.72. The van der Waals surface area contributed by atoms with Crippen LogP contribution in [-0.2, 0) is 20.8 Å². The number of hydrogen-bond donors (Lipinski definition) is 2. The molecule has 1 aliphatic rings. The van der Waals surface area contributed by atoms with E-state index in [0.717, 1.165) is 5.56 Å². The number of carbonyl (C=O) groups is 3. The quantitative estimate of drug-likeness (QED) is 0.821. The zero-order chi connectivity index (χ0) is 16.9. The van der Waals surface area contributed by atoms with Crippen molar-refractivity contribution in [2.75, 3.05) is 19.6 Å². The first-order chi connectivity index (χ1) is 10.9. The van der Waals surface area contributed by atoms with Gasteiger partial charge in [-0.15, -0.1) is 0 Å². The number of nitrogens with one attached hydrogen (secondary N) is 1. The van der Waals surface area contributed by atoms with Gasteiger partial charge in [-0.3, -0.25) is 14.4 Å². The maximum Gasteiger partial charge on any atom is 0.311 e. The summed E-state index contributed by atoms with van der Waals surface area (Å²) in [6.45, 7) is 2.62. The van der Waals surface area contributed by atoms with Gasteiger partial charge in [0.05, 0.1) is 11.8 Å². The molecule has 1 aromatic rings. The highest BCUT2D eigenvalue weighted by molar-refractivity contribution is 5.82. The third kappa shape index (κ3) is 4.55. The van der Waals surface area contributed by atoms with Crippen LogP contribution in [0.4, 0.5) is 0 Å². The van der Waals surface area contributed by atoms with Crippen LogP contribution < -0.4 is 5.32 Å². The number of nitrogens with zero attached hydrogens (tertiary/aromatic N) is 1. The lowest BCUT2D eigenvalue weighted by Crippen LogP contribution is -2.36. The molecule has 2 rings (SSSR count). The van der Waals surface area contributed by atoms with Gasteiger partial charge >= 0.3 is 5.97 Å². The lowest BCUT2D eigenvalue weighted by atomic mass is 9.90. The van der Waals surface area contributed by atoms with E-state index in [2.05, 4.69) is 5.32 Å². The third-order valence-corrected chi connectivity index (χ3v) is 4.21. The Balaban J connectivity index is 1.71. The zero-order valence-corrected chi connectivity index (χ0v) is 13.2. The molecule has 124 valence electrons. The van der Waals surface area contributed by atoms with Crippen LogP contribution >= 0.6 is 0 Å². The van der Waals surface area contributed by atoms with E-state index in [0.29, 0.717) is 13.0 Å². The minimum absolute atomic E-state index is 0.116. The van der Waals surface area contributed by atoms with Crippen LogP contribution in [0.5, 0.6) is 0 Å². The Labute approximate surface area is 135 Å². The largest absolute Gasteiger partial charge is 0.481 e. The number of likely N-dealkylation sites (tertiary alicyclic amines) is 1. The summed E-state index contributed by atoms with van der Waals surface area (Å²) >= 11 is 0. The second kappa shape index (κ2) is 7.26. The lowest BCUT2D eigenvalue weighted by molar-refractivity contribution is -0.147. The zero-order valence-electron chi connectivity index (χ0n) is 13.2. The number of aliphatic carboxylic acids is 1. The summed E-state index contributed by atoms with van der Waals surface area (Å²) < 4.78 is 0. The fraction of sp³-hybridized carbons (Fsp3) is 0.471. The van der Waals surface area contributed by atoms with E-state index in [4.69, 9.17) is 5.11 Å². The molecule has 6 heteroatoms. The van der Waals surface area contributed by atoms with Crippen LogP contribution in [0.2, 0.25) is 0 Å². The van der Waals surface area contributed by atoms with Crippen LogP contribution in [0.1, 0.15) is 25.3 Å². The maximum atomic E-state index is 12.1. The fourth-order valence-corrected chi connectivity index (χ4v) is 2.66. The number of rotatable bonds is 6. The van der Waals surface area contributed by atoms with Crippen LogP contribution in [0.25, 0.3) is 0 Å². The fourth-order valence-electron chi connectivity index (χ4n) is 2.66. The molecule has 1 aromatic carbocycles. The molecule has 0 radical (unpaired) electrons. The van der Waals surface area contributed by atoms with E-state index < -0.39 is 11.4 Å². The van der Waals surface area contributed by atoms with Crippen molar-refractivity contribution in [3.8, 4) is 0 Å². The molecule has 0 aliphatic carbocycles. The highest BCUT2D eigenvalue weighted by Gasteiger charge is 2.41. The number of hydrogen-bond acceptors (Lipinski definition) is 3. The standard InChI is InChI=1S/C17H22N2O4/c1-17(16(22)23)8-10-19(12-17)15(21)7-9-18-14(20)11-13-5-3-2-4-6-13/h2-6H,7-12H2,1H3,(H,18,20)(H,22,23). The Morgan fingerprint density at radius 2 is 1.96 bits per heavy atom. The molecule has 2 N–H and O–H groups in total. The third-order valence-electron chi connectivity index (χ3n) is 4.21. The second-order valence-electron chi connectivity index (χ2n) is 6.19. The van der Waals surface area contributed by atoms with Gasteiger partial charge in [-0.25, -0.2) is 0 Å². The lowest BCUT2D eigenvalue weighted by Gasteiger charge is -2.20. The van der Waals surface area contributed by atoms with Crippen molar-refractivity contribution in [3.05, 3.63) is 35.9 Å². The minimum atomic E-state index is -0.871. The molecule has 1 saturated heterocycles. The number of carbonyl (C=O) groups excluding carboxylic acids is 2. The summed E-state index contributed by atoms with van der Waals surface area (Å²) in [4.78, 5) is 36.6. The minimum Gasteiger partial charge on any atom is -0.481 e. The Kier molecular flexibility index (Phi) is 5.36. The average Bonchev–Trinajstić information content (AvgIpc) is 2.92. The van der Waals surface area contributed by atoms with Gasteiger partial charge in [0.1, 0.15) is 0 Å². The van der Waals surface area contributed by atoms with Gasteiger partial charge < -0.3 is 15.3 Å². The van der Waals surface area contributed by atoms with Crippen molar-refractivity contribution < 1.29 is 19.5 Å². The second-order valence-corrected chi connectivity index (χ2v) is 6.19. The highest BCUT2D eigenvalue weighted by Crippen LogP contribution is 2.30. The molecule has 0 spiro atoms. The number of amides is 2. The molecule has 1 aliphatic heterocycles. The molecular weight excluding hydrogens is 296 g/mol. The molecule has 1 atom stereocenters. The first-order valence-electron chi connectivity index (χ1n) is 7.72. The first kappa shape index (κ1) is 17.0. The van der Waals surface area contributed by atoms with Gasteiger partial charge in [-0.2, -0.15) is 0 Å². The van der Waals surface area contributed by atoms with E-state index in [-0.39, 0.29) is 37.7 Å². The van der Waals surface area contributed by atoms with Crippen molar-refractivity contribution in [1.29, 1.82) is 0 Å². The van der Waals surface area contributed by atoms with Gasteiger partial charge in [-0.1, -0.05) is 30.3 Å². The molecule has 0 saturated carbocycles. The molecule has 0 bridgehead atoms. The Morgan fingerprint density at radius 1 is 1.26 bits per heavy atom. The van der Waals surface area contributed by atoms with Crippen molar-refractivity contribution in [3.63, 3.8) is 0 Å². The van der Waals surface area contributed by atoms with E-state index in [1.165, 1.54) is 0 Å². The molecule has 0 aromatic heterocycles. The van der Waals surface area contributed by atoms with E-state index in [1.807, 2.05) is 30.3 Å². The smallest absolute Gasteiger partial charge is 0.311 e. The van der Waals surface area contributed by atoms with Crippen molar-refractivity contribution in [1.82, 2.24) is 10.2 Å². The number of benzene rings is 1. The molecule has 2 amide bonds. The average molecular weight is 318 g/mol. The number of carboxylic acids is 1. The summed E-state index contributed by atoms with van der Waals surface area (Å²) in [5.41, 5.74) is 0.0692. The normalized spacial score (nSPS) is 20.3. The van der Waals surface area contributed by atoms with Crippen LogP contribution in [0, 0.1) is 5.41 Å². The van der Waals surface area contributed by atoms with E-state index in [1.54, 1.807) is 11.8 Å². The Morgan fingerprint density at radius 3 is 2.57 bits per heavy atom. The summed E-state index contributed by atoms with van der Waals surface area (Å²) in [7, 11) is 0. The van der Waals surface area contributed by atoms with Crippen LogP contribution in [-0.4, -0.2) is 47.4 Å². The Bertz CT molecular complexity index is 588. The van der Waals surface area contributed by atoms with Crippen molar-refractivity contribution in [2.24, 2.45) is 5.41 Å². The molecule has 1 heterocycles. The molecule has 23 heavy (non-hydrogen) atoms. The molecule has 1 unspecified atom stereocenters. The summed E-state index contributed by atoms with van der Waals surface area (Å²) in [5.74, 6) is -1.11. The topological polar surface area (TPSA) is 86.7 Å². The van der Waals surface area contributed by atoms with Gasteiger partial charge in [-0.05, 0) is 18.9 Å².